The predicted octanol–water partition coefficient (Wildman–Crippen LogP) is 2.19. The topological polar surface area (TPSA) is 54.3 Å². The van der Waals surface area contributed by atoms with E-state index in [0.717, 1.165) is 23.1 Å². The highest BCUT2D eigenvalue weighted by molar-refractivity contribution is 5.95. The van der Waals surface area contributed by atoms with Gasteiger partial charge in [0.25, 0.3) is 5.91 Å². The summed E-state index contributed by atoms with van der Waals surface area (Å²) in [6, 6.07) is 13.8. The first-order chi connectivity index (χ1) is 12.1. The molecule has 1 atom stereocenters. The minimum absolute atomic E-state index is 0.0260. The molecule has 1 amide bonds. The zero-order valence-electron chi connectivity index (χ0n) is 14.5. The summed E-state index contributed by atoms with van der Waals surface area (Å²) in [5.74, 6) is -0.0260. The number of rotatable bonds is 3. The molecular weight excluding hydrogens is 314 g/mol. The van der Waals surface area contributed by atoms with Gasteiger partial charge in [-0.1, -0.05) is 24.3 Å². The Bertz CT molecular complexity index is 917. The number of pyridine rings is 1. The number of nitrogens with zero attached hydrogens (tertiary/aromatic N) is 5. The molecule has 0 saturated heterocycles. The molecule has 1 aliphatic heterocycles. The number of aromatic nitrogens is 3. The molecule has 0 aliphatic carbocycles. The molecule has 4 rings (SSSR count). The van der Waals surface area contributed by atoms with Crippen molar-refractivity contribution in [1.29, 1.82) is 0 Å². The van der Waals surface area contributed by atoms with Crippen LogP contribution >= 0.6 is 0 Å². The Morgan fingerprint density at radius 3 is 2.88 bits per heavy atom. The monoisotopic (exact) mass is 335 g/mol. The summed E-state index contributed by atoms with van der Waals surface area (Å²) >= 11 is 0. The summed E-state index contributed by atoms with van der Waals surface area (Å²) in [6.07, 6.45) is 1.81. The van der Waals surface area contributed by atoms with Gasteiger partial charge in [0.15, 0.2) is 0 Å². The molecule has 6 heteroatoms. The van der Waals surface area contributed by atoms with Crippen LogP contribution in [0.25, 0.3) is 10.9 Å². The van der Waals surface area contributed by atoms with Gasteiger partial charge in [0.1, 0.15) is 5.69 Å². The minimum Gasteiger partial charge on any atom is -0.329 e. The van der Waals surface area contributed by atoms with E-state index in [4.69, 9.17) is 0 Å². The fraction of sp³-hybridized carbons (Fsp3) is 0.316. The van der Waals surface area contributed by atoms with E-state index in [1.54, 1.807) is 6.20 Å². The van der Waals surface area contributed by atoms with Crippen molar-refractivity contribution in [3.63, 3.8) is 0 Å². The molecule has 6 nitrogen and oxygen atoms in total. The van der Waals surface area contributed by atoms with Crippen molar-refractivity contribution in [3.05, 3.63) is 60.0 Å². The maximum atomic E-state index is 13.0. The molecule has 0 bridgehead atoms. The van der Waals surface area contributed by atoms with Gasteiger partial charge in [-0.25, -0.2) is 4.98 Å². The highest BCUT2D eigenvalue weighted by Gasteiger charge is 2.29. The fourth-order valence-electron chi connectivity index (χ4n) is 3.45. The molecule has 0 N–H and O–H groups in total. The number of carbonyl (C=O) groups is 1. The van der Waals surface area contributed by atoms with E-state index < -0.39 is 0 Å². The molecular formula is C19H21N5O. The lowest BCUT2D eigenvalue weighted by molar-refractivity contribution is 0.0647. The lowest BCUT2D eigenvalue weighted by atomic mass is 10.1. The highest BCUT2D eigenvalue weighted by atomic mass is 16.2. The maximum Gasteiger partial charge on any atom is 0.272 e. The van der Waals surface area contributed by atoms with E-state index >= 15 is 0 Å². The summed E-state index contributed by atoms with van der Waals surface area (Å²) in [5.41, 5.74) is 2.41. The average molecular weight is 335 g/mol. The zero-order valence-corrected chi connectivity index (χ0v) is 14.5. The smallest absolute Gasteiger partial charge is 0.272 e. The standard InChI is InChI=1S/C19H21N5O/c1-22(2)11-16-13-23(12-15-9-10-20-24(15)16)19(25)18-8-7-14-5-3-4-6-17(14)21-18/h3-10,16H,11-13H2,1-2H3. The van der Waals surface area contributed by atoms with Crippen LogP contribution < -0.4 is 0 Å². The molecule has 0 saturated carbocycles. The second-order valence-electron chi connectivity index (χ2n) is 6.76. The Labute approximate surface area is 146 Å². The average Bonchev–Trinajstić information content (AvgIpc) is 3.09. The van der Waals surface area contributed by atoms with E-state index in [2.05, 4.69) is 15.0 Å². The van der Waals surface area contributed by atoms with Crippen LogP contribution in [-0.2, 0) is 6.54 Å². The number of likely N-dealkylation sites (N-methyl/N-ethyl adjacent to an activating group) is 1. The lowest BCUT2D eigenvalue weighted by Crippen LogP contribution is -2.44. The van der Waals surface area contributed by atoms with Crippen molar-refractivity contribution in [1.82, 2.24) is 24.6 Å². The normalized spacial score (nSPS) is 17.1. The lowest BCUT2D eigenvalue weighted by Gasteiger charge is -2.35. The van der Waals surface area contributed by atoms with E-state index in [1.807, 2.05) is 66.1 Å². The molecule has 2 aromatic heterocycles. The van der Waals surface area contributed by atoms with Gasteiger partial charge in [0, 0.05) is 24.7 Å². The third-order valence-electron chi connectivity index (χ3n) is 4.56. The molecule has 0 spiro atoms. The Balaban J connectivity index is 1.63. The fourth-order valence-corrected chi connectivity index (χ4v) is 3.45. The van der Waals surface area contributed by atoms with E-state index in [0.29, 0.717) is 18.8 Å². The Morgan fingerprint density at radius 1 is 1.20 bits per heavy atom. The molecule has 1 unspecified atom stereocenters. The van der Waals surface area contributed by atoms with Gasteiger partial charge >= 0.3 is 0 Å². The van der Waals surface area contributed by atoms with Gasteiger partial charge in [-0.2, -0.15) is 5.10 Å². The summed E-state index contributed by atoms with van der Waals surface area (Å²) in [6.45, 7) is 2.04. The molecule has 25 heavy (non-hydrogen) atoms. The van der Waals surface area contributed by atoms with Crippen molar-refractivity contribution in [2.75, 3.05) is 27.2 Å². The van der Waals surface area contributed by atoms with Crippen LogP contribution in [0.1, 0.15) is 22.2 Å². The van der Waals surface area contributed by atoms with Gasteiger partial charge in [-0.05, 0) is 32.3 Å². The molecule has 0 radical (unpaired) electrons. The third-order valence-corrected chi connectivity index (χ3v) is 4.56. The van der Waals surface area contributed by atoms with Gasteiger partial charge in [0.2, 0.25) is 0 Å². The quantitative estimate of drug-likeness (QED) is 0.736. The molecule has 1 aromatic carbocycles. The first-order valence-corrected chi connectivity index (χ1v) is 8.44. The van der Waals surface area contributed by atoms with Crippen molar-refractivity contribution in [3.8, 4) is 0 Å². The van der Waals surface area contributed by atoms with Crippen LogP contribution in [-0.4, -0.2) is 57.7 Å². The van der Waals surface area contributed by atoms with Crippen LogP contribution in [0, 0.1) is 0 Å². The Kier molecular flexibility index (Phi) is 3.97. The molecule has 1 aliphatic rings. The van der Waals surface area contributed by atoms with Crippen LogP contribution in [0.3, 0.4) is 0 Å². The van der Waals surface area contributed by atoms with Gasteiger partial charge in [0.05, 0.1) is 23.8 Å². The second-order valence-corrected chi connectivity index (χ2v) is 6.76. The van der Waals surface area contributed by atoms with Crippen LogP contribution in [0.2, 0.25) is 0 Å². The number of amides is 1. The van der Waals surface area contributed by atoms with Crippen molar-refractivity contribution in [2.24, 2.45) is 0 Å². The number of carbonyl (C=O) groups excluding carboxylic acids is 1. The third kappa shape index (κ3) is 3.00. The maximum absolute atomic E-state index is 13.0. The van der Waals surface area contributed by atoms with Crippen molar-refractivity contribution >= 4 is 16.8 Å². The van der Waals surface area contributed by atoms with Gasteiger partial charge < -0.3 is 9.80 Å². The van der Waals surface area contributed by atoms with Crippen LogP contribution in [0.5, 0.6) is 0 Å². The Hall–Kier alpha value is -2.73. The summed E-state index contributed by atoms with van der Waals surface area (Å²) in [7, 11) is 4.07. The van der Waals surface area contributed by atoms with Crippen LogP contribution in [0.15, 0.2) is 48.7 Å². The van der Waals surface area contributed by atoms with Gasteiger partial charge in [-0.3, -0.25) is 9.48 Å². The first-order valence-electron chi connectivity index (χ1n) is 8.44. The first kappa shape index (κ1) is 15.8. The summed E-state index contributed by atoms with van der Waals surface area (Å²) < 4.78 is 2.04. The Morgan fingerprint density at radius 2 is 2.04 bits per heavy atom. The number of hydrogen-bond donors (Lipinski definition) is 0. The van der Waals surface area contributed by atoms with Crippen LogP contribution in [0.4, 0.5) is 0 Å². The summed E-state index contributed by atoms with van der Waals surface area (Å²) in [5, 5.41) is 5.48. The van der Waals surface area contributed by atoms with E-state index in [-0.39, 0.29) is 11.9 Å². The molecule has 128 valence electrons. The van der Waals surface area contributed by atoms with Crippen molar-refractivity contribution < 1.29 is 4.79 Å². The molecule has 3 aromatic rings. The number of para-hydroxylation sites is 1. The number of hydrogen-bond acceptors (Lipinski definition) is 4. The van der Waals surface area contributed by atoms with Crippen molar-refractivity contribution in [2.45, 2.75) is 12.6 Å². The van der Waals surface area contributed by atoms with Gasteiger partial charge in [-0.15, -0.1) is 0 Å². The highest BCUT2D eigenvalue weighted by Crippen LogP contribution is 2.23. The summed E-state index contributed by atoms with van der Waals surface area (Å²) in [4.78, 5) is 21.6. The van der Waals surface area contributed by atoms with E-state index in [1.165, 1.54) is 0 Å². The number of benzene rings is 1. The minimum atomic E-state index is -0.0260. The molecule has 0 fully saturated rings. The predicted molar refractivity (Wildman–Crippen MR) is 96.3 cm³/mol. The molecule has 3 heterocycles. The number of fused-ring (bicyclic) bond motifs is 2. The van der Waals surface area contributed by atoms with E-state index in [9.17, 15) is 4.79 Å². The SMILES string of the molecule is CN(C)CC1CN(C(=O)c2ccc3ccccc3n2)Cc2ccnn21. The largest absolute Gasteiger partial charge is 0.329 e. The second kappa shape index (κ2) is 6.29. The zero-order chi connectivity index (χ0) is 17.4.